The Morgan fingerprint density at radius 2 is 2.24 bits per heavy atom. The Labute approximate surface area is 146 Å². The van der Waals surface area contributed by atoms with Gasteiger partial charge in [-0.2, -0.15) is 5.10 Å². The quantitative estimate of drug-likeness (QED) is 0.749. The van der Waals surface area contributed by atoms with Crippen molar-refractivity contribution >= 4 is 11.6 Å². The Morgan fingerprint density at radius 1 is 1.36 bits per heavy atom. The number of aromatic nitrogens is 3. The predicted molar refractivity (Wildman–Crippen MR) is 93.2 cm³/mol. The maximum Gasteiger partial charge on any atom is 0.239 e. The molecule has 2 heterocycles. The number of nitrogens with zero attached hydrogens (tertiary/aromatic N) is 3. The summed E-state index contributed by atoms with van der Waals surface area (Å²) in [5, 5.41) is 20.0. The van der Waals surface area contributed by atoms with Crippen molar-refractivity contribution in [1.29, 1.82) is 0 Å². The Kier molecular flexibility index (Phi) is 4.40. The number of benzene rings is 1. The molecule has 3 N–H and O–H groups in total. The number of para-hydroxylation sites is 1. The highest BCUT2D eigenvalue weighted by Crippen LogP contribution is 2.36. The molecule has 3 atom stereocenters. The van der Waals surface area contributed by atoms with Crippen molar-refractivity contribution in [3.8, 4) is 0 Å². The van der Waals surface area contributed by atoms with Gasteiger partial charge >= 0.3 is 0 Å². The van der Waals surface area contributed by atoms with Crippen LogP contribution in [0.1, 0.15) is 30.1 Å². The van der Waals surface area contributed by atoms with Gasteiger partial charge in [0.05, 0.1) is 12.6 Å². The second kappa shape index (κ2) is 6.84. The zero-order valence-corrected chi connectivity index (χ0v) is 14.1. The van der Waals surface area contributed by atoms with Gasteiger partial charge in [0.1, 0.15) is 12.2 Å². The van der Waals surface area contributed by atoms with Gasteiger partial charge in [-0.05, 0) is 30.9 Å². The predicted octanol–water partition coefficient (Wildman–Crippen LogP) is 0.838. The van der Waals surface area contributed by atoms with Crippen LogP contribution in [0.3, 0.4) is 0 Å². The number of aromatic amines is 1. The van der Waals surface area contributed by atoms with E-state index in [1.165, 1.54) is 11.9 Å². The minimum Gasteiger partial charge on any atom is -0.393 e. The van der Waals surface area contributed by atoms with E-state index in [0.717, 1.165) is 30.9 Å². The zero-order chi connectivity index (χ0) is 17.2. The molecule has 1 aliphatic heterocycles. The smallest absolute Gasteiger partial charge is 0.239 e. The number of rotatable bonds is 5. The summed E-state index contributed by atoms with van der Waals surface area (Å²) in [6.45, 7) is 1.75. The maximum absolute atomic E-state index is 12.3. The second-order valence-corrected chi connectivity index (χ2v) is 6.97. The lowest BCUT2D eigenvalue weighted by Crippen LogP contribution is -2.39. The van der Waals surface area contributed by atoms with Crippen LogP contribution in [-0.4, -0.2) is 51.9 Å². The Bertz CT molecular complexity index is 733. The number of hydrogen-bond donors (Lipinski definition) is 3. The van der Waals surface area contributed by atoms with Crippen molar-refractivity contribution < 1.29 is 9.90 Å². The number of nitrogens with one attached hydrogen (secondary N) is 2. The molecule has 1 aromatic carbocycles. The number of amides is 1. The van der Waals surface area contributed by atoms with Crippen LogP contribution in [-0.2, 0) is 11.2 Å². The first-order chi connectivity index (χ1) is 12.2. The van der Waals surface area contributed by atoms with Crippen molar-refractivity contribution in [3.63, 3.8) is 0 Å². The highest BCUT2D eigenvalue weighted by Gasteiger charge is 2.35. The van der Waals surface area contributed by atoms with E-state index < -0.39 is 6.10 Å². The molecule has 25 heavy (non-hydrogen) atoms. The average molecular weight is 341 g/mol. The molecular formula is C18H23N5O2. The molecule has 2 aliphatic rings. The molecule has 1 amide bonds. The molecule has 132 valence electrons. The highest BCUT2D eigenvalue weighted by molar-refractivity contribution is 5.82. The SMILES string of the molecule is O=C(CN1CCc2ccccc21)NC[C@@H]1C[C@@H](c2ncn[nH]2)C[C@@H]1O. The second-order valence-electron chi connectivity index (χ2n) is 6.97. The molecular weight excluding hydrogens is 318 g/mol. The summed E-state index contributed by atoms with van der Waals surface area (Å²) in [5.74, 6) is 1.07. The van der Waals surface area contributed by atoms with E-state index in [1.807, 2.05) is 12.1 Å². The van der Waals surface area contributed by atoms with Crippen LogP contribution in [0.2, 0.25) is 0 Å². The summed E-state index contributed by atoms with van der Waals surface area (Å²) in [4.78, 5) is 18.6. The third-order valence-corrected chi connectivity index (χ3v) is 5.36. The molecule has 0 unspecified atom stereocenters. The van der Waals surface area contributed by atoms with Gasteiger partial charge in [-0.15, -0.1) is 0 Å². The summed E-state index contributed by atoms with van der Waals surface area (Å²) in [5.41, 5.74) is 2.46. The average Bonchev–Trinajstić information content (AvgIpc) is 3.34. The Balaban J connectivity index is 1.28. The largest absolute Gasteiger partial charge is 0.393 e. The first-order valence-corrected chi connectivity index (χ1v) is 8.83. The fourth-order valence-corrected chi connectivity index (χ4v) is 4.00. The third-order valence-electron chi connectivity index (χ3n) is 5.36. The van der Waals surface area contributed by atoms with Gasteiger partial charge in [-0.25, -0.2) is 4.98 Å². The summed E-state index contributed by atoms with van der Waals surface area (Å²) >= 11 is 0. The van der Waals surface area contributed by atoms with Crippen LogP contribution < -0.4 is 10.2 Å². The molecule has 0 bridgehead atoms. The highest BCUT2D eigenvalue weighted by atomic mass is 16.3. The van der Waals surface area contributed by atoms with E-state index in [9.17, 15) is 9.90 Å². The van der Waals surface area contributed by atoms with E-state index in [0.29, 0.717) is 19.5 Å². The fraction of sp³-hybridized carbons (Fsp3) is 0.500. The number of anilines is 1. The van der Waals surface area contributed by atoms with E-state index >= 15 is 0 Å². The van der Waals surface area contributed by atoms with Crippen molar-refractivity contribution in [3.05, 3.63) is 42.0 Å². The lowest BCUT2D eigenvalue weighted by molar-refractivity contribution is -0.120. The van der Waals surface area contributed by atoms with Crippen molar-refractivity contribution in [1.82, 2.24) is 20.5 Å². The van der Waals surface area contributed by atoms with Gasteiger partial charge in [0.25, 0.3) is 0 Å². The van der Waals surface area contributed by atoms with E-state index in [2.05, 4.69) is 37.5 Å². The first kappa shape index (κ1) is 16.1. The van der Waals surface area contributed by atoms with Crippen LogP contribution >= 0.6 is 0 Å². The molecule has 1 saturated carbocycles. The molecule has 4 rings (SSSR count). The molecule has 1 aromatic heterocycles. The number of fused-ring (bicyclic) bond motifs is 1. The molecule has 1 fully saturated rings. The number of aliphatic hydroxyl groups is 1. The van der Waals surface area contributed by atoms with Crippen molar-refractivity contribution in [2.75, 3.05) is 24.5 Å². The van der Waals surface area contributed by atoms with Crippen LogP contribution in [0.15, 0.2) is 30.6 Å². The van der Waals surface area contributed by atoms with Gasteiger partial charge in [-0.1, -0.05) is 18.2 Å². The third kappa shape index (κ3) is 3.37. The van der Waals surface area contributed by atoms with Gasteiger partial charge in [0, 0.05) is 30.6 Å². The van der Waals surface area contributed by atoms with Crippen molar-refractivity contribution in [2.24, 2.45) is 5.92 Å². The Hall–Kier alpha value is -2.41. The summed E-state index contributed by atoms with van der Waals surface area (Å²) in [6.07, 6.45) is 3.54. The van der Waals surface area contributed by atoms with E-state index in [4.69, 9.17) is 0 Å². The summed E-state index contributed by atoms with van der Waals surface area (Å²) in [6, 6.07) is 8.23. The molecule has 0 saturated heterocycles. The monoisotopic (exact) mass is 341 g/mol. The standard InChI is InChI=1S/C18H23N5O2/c24-16-8-13(18-20-11-21-22-18)7-14(16)9-19-17(25)10-23-6-5-12-3-1-2-4-15(12)23/h1-4,11,13-14,16,24H,5-10H2,(H,19,25)(H,20,21,22)/t13-,14+,16+/m1/s1. The minimum atomic E-state index is -0.414. The number of aliphatic hydroxyl groups excluding tert-OH is 1. The molecule has 0 spiro atoms. The molecule has 7 nitrogen and oxygen atoms in total. The number of hydrogen-bond acceptors (Lipinski definition) is 5. The van der Waals surface area contributed by atoms with Crippen LogP contribution in [0.25, 0.3) is 0 Å². The first-order valence-electron chi connectivity index (χ1n) is 8.83. The Morgan fingerprint density at radius 3 is 3.08 bits per heavy atom. The summed E-state index contributed by atoms with van der Waals surface area (Å²) in [7, 11) is 0. The van der Waals surface area contributed by atoms with Gasteiger partial charge in [0.15, 0.2) is 0 Å². The lowest BCUT2D eigenvalue weighted by Gasteiger charge is -2.20. The lowest BCUT2D eigenvalue weighted by atomic mass is 10.0. The van der Waals surface area contributed by atoms with Gasteiger partial charge in [0.2, 0.25) is 5.91 Å². The van der Waals surface area contributed by atoms with Gasteiger partial charge in [-0.3, -0.25) is 9.89 Å². The minimum absolute atomic E-state index is 0.00650. The van der Waals surface area contributed by atoms with Crippen LogP contribution in [0, 0.1) is 5.92 Å². The molecule has 1 aliphatic carbocycles. The molecule has 7 heteroatoms. The van der Waals surface area contributed by atoms with Gasteiger partial charge < -0.3 is 15.3 Å². The van der Waals surface area contributed by atoms with Crippen molar-refractivity contribution in [2.45, 2.75) is 31.3 Å². The molecule has 2 aromatic rings. The zero-order valence-electron chi connectivity index (χ0n) is 14.1. The van der Waals surface area contributed by atoms with E-state index in [-0.39, 0.29) is 17.7 Å². The fourth-order valence-electron chi connectivity index (χ4n) is 4.00. The summed E-state index contributed by atoms with van der Waals surface area (Å²) < 4.78 is 0. The maximum atomic E-state index is 12.3. The van der Waals surface area contributed by atoms with Crippen LogP contribution in [0.5, 0.6) is 0 Å². The number of carbonyl (C=O) groups excluding carboxylic acids is 1. The van der Waals surface area contributed by atoms with E-state index in [1.54, 1.807) is 0 Å². The van der Waals surface area contributed by atoms with Crippen LogP contribution in [0.4, 0.5) is 5.69 Å². The number of H-pyrrole nitrogens is 1. The normalized spacial score (nSPS) is 25.2. The molecule has 0 radical (unpaired) electrons. The topological polar surface area (TPSA) is 94.1 Å². The number of carbonyl (C=O) groups is 1.